The number of carbonyl (C=O) groups excluding carboxylic acids is 8. The molecular weight excluding hydrogens is 792 g/mol. The lowest BCUT2D eigenvalue weighted by molar-refractivity contribution is 0.0422. The summed E-state index contributed by atoms with van der Waals surface area (Å²) in [5.74, 6) is -4.05. The second kappa shape index (κ2) is 28.0. The summed E-state index contributed by atoms with van der Waals surface area (Å²) >= 11 is 0. The van der Waals surface area contributed by atoms with E-state index in [1.54, 1.807) is 30.3 Å². The van der Waals surface area contributed by atoms with Gasteiger partial charge < -0.3 is 48.1 Å². The summed E-state index contributed by atoms with van der Waals surface area (Å²) in [6.45, 7) is -0.618. The number of rotatable bonds is 12. The molecule has 0 aliphatic rings. The Labute approximate surface area is 344 Å². The third-order valence-corrected chi connectivity index (χ3v) is 7.17. The van der Waals surface area contributed by atoms with Gasteiger partial charge in [0.2, 0.25) is 0 Å². The minimum Gasteiger partial charge on any atom is -0.465 e. The maximum atomic E-state index is 11.4. The zero-order chi connectivity index (χ0) is 45.0. The van der Waals surface area contributed by atoms with Gasteiger partial charge in [-0.15, -0.1) is 0 Å². The monoisotopic (exact) mass is 836 g/mol. The van der Waals surface area contributed by atoms with E-state index >= 15 is 0 Å². The second-order valence-electron chi connectivity index (χ2n) is 10.9. The topological polar surface area (TPSA) is 251 Å². The van der Waals surface area contributed by atoms with Crippen molar-refractivity contribution in [2.45, 2.75) is 0 Å². The molecule has 0 saturated heterocycles. The SMILES string of the molecule is COC(=O)c1ccc(C(=O)OC)cc1.COC(=O)c1cccc(C(=O)OC)c1.COC(=O)c1ccccc1C(=O)OC.O=C(OCCO)c1ccc(C(=O)OCCO)cc1. The van der Waals surface area contributed by atoms with E-state index in [1.165, 1.54) is 109 Å². The molecular formula is C42H44O18. The minimum absolute atomic E-state index is 0.0703. The van der Waals surface area contributed by atoms with Gasteiger partial charge in [0, 0.05) is 0 Å². The predicted molar refractivity (Wildman–Crippen MR) is 209 cm³/mol. The van der Waals surface area contributed by atoms with Crippen molar-refractivity contribution in [3.05, 3.63) is 142 Å². The molecule has 0 saturated carbocycles. The highest BCUT2D eigenvalue weighted by atomic mass is 16.6. The number of hydrogen-bond donors (Lipinski definition) is 2. The Kier molecular flexibility index (Phi) is 23.6. The molecule has 0 atom stereocenters. The quantitative estimate of drug-likeness (QED) is 0.152. The molecule has 0 amide bonds. The Bertz CT molecular complexity index is 1900. The summed E-state index contributed by atoms with van der Waals surface area (Å²) in [5.41, 5.74) is 2.44. The first kappa shape index (κ1) is 50.6. The van der Waals surface area contributed by atoms with Crippen molar-refractivity contribution in [2.75, 3.05) is 69.1 Å². The normalized spacial score (nSPS) is 9.47. The van der Waals surface area contributed by atoms with Crippen LogP contribution >= 0.6 is 0 Å². The molecule has 2 N–H and O–H groups in total. The van der Waals surface area contributed by atoms with E-state index in [0.29, 0.717) is 22.3 Å². The van der Waals surface area contributed by atoms with E-state index in [4.69, 9.17) is 19.7 Å². The number of hydrogen-bond acceptors (Lipinski definition) is 18. The number of esters is 8. The average molecular weight is 837 g/mol. The third kappa shape index (κ3) is 17.0. The molecule has 4 aromatic rings. The van der Waals surface area contributed by atoms with E-state index < -0.39 is 47.8 Å². The van der Waals surface area contributed by atoms with Crippen molar-refractivity contribution in [1.82, 2.24) is 0 Å². The van der Waals surface area contributed by atoms with Crippen LogP contribution in [-0.4, -0.2) is 127 Å². The lowest BCUT2D eigenvalue weighted by atomic mass is 10.1. The first-order chi connectivity index (χ1) is 28.8. The van der Waals surface area contributed by atoms with Crippen LogP contribution in [0, 0.1) is 0 Å². The van der Waals surface area contributed by atoms with Crippen LogP contribution in [0.1, 0.15) is 82.9 Å². The molecule has 0 spiro atoms. The van der Waals surface area contributed by atoms with Crippen molar-refractivity contribution in [2.24, 2.45) is 0 Å². The summed E-state index contributed by atoms with van der Waals surface area (Å²) in [5, 5.41) is 17.0. The first-order valence-electron chi connectivity index (χ1n) is 17.2. The molecule has 0 heterocycles. The molecule has 0 aliphatic heterocycles. The third-order valence-electron chi connectivity index (χ3n) is 7.17. The number of carbonyl (C=O) groups is 8. The lowest BCUT2D eigenvalue weighted by Crippen LogP contribution is -2.11. The molecule has 320 valence electrons. The van der Waals surface area contributed by atoms with Gasteiger partial charge in [0.15, 0.2) is 0 Å². The zero-order valence-corrected chi connectivity index (χ0v) is 33.5. The van der Waals surface area contributed by atoms with Crippen molar-refractivity contribution < 1.29 is 86.5 Å². The maximum Gasteiger partial charge on any atom is 0.338 e. The fourth-order valence-electron chi connectivity index (χ4n) is 4.23. The molecule has 4 aromatic carbocycles. The number of aliphatic hydroxyl groups excluding tert-OH is 2. The predicted octanol–water partition coefficient (Wildman–Crippen LogP) is 3.76. The van der Waals surface area contributed by atoms with Crippen LogP contribution in [0.15, 0.2) is 97.1 Å². The summed E-state index contributed by atoms with van der Waals surface area (Å²) in [6.07, 6.45) is 0. The van der Waals surface area contributed by atoms with Crippen molar-refractivity contribution in [3.8, 4) is 0 Å². The summed E-state index contributed by atoms with van der Waals surface area (Å²) in [4.78, 5) is 89.5. The van der Waals surface area contributed by atoms with Crippen LogP contribution in [-0.2, 0) is 37.9 Å². The fraction of sp³-hybridized carbons (Fsp3) is 0.238. The summed E-state index contributed by atoms with van der Waals surface area (Å²) < 4.78 is 36.5. The van der Waals surface area contributed by atoms with Gasteiger partial charge in [-0.1, -0.05) is 18.2 Å². The Morgan fingerprint density at radius 1 is 0.350 bits per heavy atom. The van der Waals surface area contributed by atoms with E-state index in [-0.39, 0.29) is 48.7 Å². The van der Waals surface area contributed by atoms with Gasteiger partial charge in [0.25, 0.3) is 0 Å². The fourth-order valence-corrected chi connectivity index (χ4v) is 4.23. The number of methoxy groups -OCH3 is 6. The average Bonchev–Trinajstić information content (AvgIpc) is 3.31. The minimum atomic E-state index is -0.570. The molecule has 0 radical (unpaired) electrons. The number of benzene rings is 4. The standard InChI is InChI=1S/C12H14O6.3C10H10O4/c13-5-7-17-11(15)9-1-2-10(4-3-9)12(16)18-8-6-14;1-13-9(11)7-3-5-8(6-4-7)10(12)14-2;1-13-9(11)7-4-3-5-8(6-7)10(12)14-2;1-13-9(11)7-5-3-4-6-8(7)10(12)14-2/h1-4,13-14H,5-8H2;3*3-6H,1-2H3. The van der Waals surface area contributed by atoms with Crippen LogP contribution in [0.25, 0.3) is 0 Å². The van der Waals surface area contributed by atoms with Gasteiger partial charge in [0.1, 0.15) is 13.2 Å². The van der Waals surface area contributed by atoms with Gasteiger partial charge in [0.05, 0.1) is 100 Å². The van der Waals surface area contributed by atoms with Crippen molar-refractivity contribution >= 4 is 47.8 Å². The highest BCUT2D eigenvalue weighted by Crippen LogP contribution is 2.12. The van der Waals surface area contributed by atoms with E-state index in [0.717, 1.165) is 0 Å². The smallest absolute Gasteiger partial charge is 0.338 e. The van der Waals surface area contributed by atoms with Crippen molar-refractivity contribution in [3.63, 3.8) is 0 Å². The molecule has 18 heteroatoms. The van der Waals surface area contributed by atoms with E-state index in [9.17, 15) is 38.4 Å². The molecule has 0 bridgehead atoms. The molecule has 0 unspecified atom stereocenters. The molecule has 0 aliphatic carbocycles. The van der Waals surface area contributed by atoms with Crippen LogP contribution in [0.3, 0.4) is 0 Å². The van der Waals surface area contributed by atoms with Crippen LogP contribution in [0.2, 0.25) is 0 Å². The largest absolute Gasteiger partial charge is 0.465 e. The van der Waals surface area contributed by atoms with E-state index in [2.05, 4.69) is 28.4 Å². The Balaban J connectivity index is 0.000000402. The molecule has 0 fully saturated rings. The van der Waals surface area contributed by atoms with Gasteiger partial charge in [-0.2, -0.15) is 0 Å². The molecule has 0 aromatic heterocycles. The van der Waals surface area contributed by atoms with Crippen LogP contribution in [0.5, 0.6) is 0 Å². The summed E-state index contributed by atoms with van der Waals surface area (Å²) in [6, 6.07) is 24.2. The molecule has 4 rings (SSSR count). The first-order valence-corrected chi connectivity index (χ1v) is 17.2. The highest BCUT2D eigenvalue weighted by molar-refractivity contribution is 6.03. The maximum absolute atomic E-state index is 11.4. The Hall–Kier alpha value is -7.44. The van der Waals surface area contributed by atoms with E-state index in [1.807, 2.05) is 0 Å². The van der Waals surface area contributed by atoms with Crippen LogP contribution < -0.4 is 0 Å². The summed E-state index contributed by atoms with van der Waals surface area (Å²) in [7, 11) is 7.69. The Morgan fingerprint density at radius 2 is 0.617 bits per heavy atom. The number of aliphatic hydroxyl groups is 2. The lowest BCUT2D eigenvalue weighted by Gasteiger charge is -2.05. The van der Waals surface area contributed by atoms with Gasteiger partial charge >= 0.3 is 47.8 Å². The molecule has 60 heavy (non-hydrogen) atoms. The zero-order valence-electron chi connectivity index (χ0n) is 33.5. The second-order valence-corrected chi connectivity index (χ2v) is 10.9. The van der Waals surface area contributed by atoms with Gasteiger partial charge in [-0.05, 0) is 78.9 Å². The number of ether oxygens (including phenoxy) is 8. The van der Waals surface area contributed by atoms with Crippen LogP contribution in [0.4, 0.5) is 0 Å². The van der Waals surface area contributed by atoms with Crippen molar-refractivity contribution in [1.29, 1.82) is 0 Å². The van der Waals surface area contributed by atoms with Gasteiger partial charge in [-0.3, -0.25) is 0 Å². The highest BCUT2D eigenvalue weighted by Gasteiger charge is 2.17. The Morgan fingerprint density at radius 3 is 0.883 bits per heavy atom. The van der Waals surface area contributed by atoms with Gasteiger partial charge in [-0.25, -0.2) is 38.4 Å². The molecule has 18 nitrogen and oxygen atoms in total.